The van der Waals surface area contributed by atoms with Crippen molar-refractivity contribution in [3.8, 4) is 12.3 Å². The SMILES string of the molecule is C#CC[Si](C)(C)C(C)C. The number of hydrogen-bond donors (Lipinski definition) is 0. The van der Waals surface area contributed by atoms with E-state index in [0.717, 1.165) is 11.6 Å². The average molecular weight is 140 g/mol. The maximum atomic E-state index is 5.24. The number of hydrogen-bond acceptors (Lipinski definition) is 0. The summed E-state index contributed by atoms with van der Waals surface area (Å²) in [6, 6.07) is 1.02. The summed E-state index contributed by atoms with van der Waals surface area (Å²) >= 11 is 0. The molecule has 0 bridgehead atoms. The van der Waals surface area contributed by atoms with Gasteiger partial charge in [-0.1, -0.05) is 32.5 Å². The molecule has 52 valence electrons. The van der Waals surface area contributed by atoms with Gasteiger partial charge in [0.2, 0.25) is 0 Å². The Labute approximate surface area is 59.7 Å². The van der Waals surface area contributed by atoms with Crippen molar-refractivity contribution in [1.82, 2.24) is 0 Å². The Kier molecular flexibility index (Phi) is 3.00. The molecule has 9 heavy (non-hydrogen) atoms. The first-order valence-electron chi connectivity index (χ1n) is 3.44. The lowest BCUT2D eigenvalue weighted by Gasteiger charge is -2.23. The second kappa shape index (κ2) is 3.08. The van der Waals surface area contributed by atoms with E-state index in [1.54, 1.807) is 0 Å². The summed E-state index contributed by atoms with van der Waals surface area (Å²) in [5.41, 5.74) is 0.813. The van der Waals surface area contributed by atoms with Gasteiger partial charge in [0, 0.05) is 6.04 Å². The van der Waals surface area contributed by atoms with E-state index in [4.69, 9.17) is 6.42 Å². The van der Waals surface area contributed by atoms with Crippen molar-refractivity contribution >= 4 is 8.07 Å². The summed E-state index contributed by atoms with van der Waals surface area (Å²) in [6.07, 6.45) is 5.24. The molecule has 0 aliphatic heterocycles. The van der Waals surface area contributed by atoms with Crippen LogP contribution in [0.15, 0.2) is 0 Å². The van der Waals surface area contributed by atoms with Crippen LogP contribution in [0.3, 0.4) is 0 Å². The zero-order valence-corrected chi connectivity index (χ0v) is 7.86. The van der Waals surface area contributed by atoms with Crippen molar-refractivity contribution < 1.29 is 0 Å². The van der Waals surface area contributed by atoms with Gasteiger partial charge in [-0.2, -0.15) is 0 Å². The molecule has 0 aromatic rings. The van der Waals surface area contributed by atoms with Gasteiger partial charge in [-0.15, -0.1) is 12.3 Å². The van der Waals surface area contributed by atoms with Crippen LogP contribution >= 0.6 is 0 Å². The monoisotopic (exact) mass is 140 g/mol. The van der Waals surface area contributed by atoms with Crippen molar-refractivity contribution in [2.24, 2.45) is 0 Å². The highest BCUT2D eigenvalue weighted by molar-refractivity contribution is 6.79. The fourth-order valence-corrected chi connectivity index (χ4v) is 1.40. The Morgan fingerprint density at radius 3 is 2.00 bits per heavy atom. The van der Waals surface area contributed by atoms with Crippen LogP contribution in [0.2, 0.25) is 24.7 Å². The first-order valence-corrected chi connectivity index (χ1v) is 6.72. The number of rotatable bonds is 2. The molecule has 0 aliphatic carbocycles. The predicted octanol–water partition coefficient (Wildman–Crippen LogP) is 2.74. The molecule has 0 rings (SSSR count). The largest absolute Gasteiger partial charge is 0.120 e. The van der Waals surface area contributed by atoms with Gasteiger partial charge in [0.05, 0.1) is 8.07 Å². The Hall–Kier alpha value is -0.223. The molecule has 0 aliphatic rings. The van der Waals surface area contributed by atoms with E-state index >= 15 is 0 Å². The normalized spacial score (nSPS) is 11.6. The third-order valence-electron chi connectivity index (χ3n) is 2.12. The van der Waals surface area contributed by atoms with Gasteiger partial charge in [-0.05, 0) is 0 Å². The molecule has 0 amide bonds. The fourth-order valence-electron chi connectivity index (χ4n) is 0.467. The maximum Gasteiger partial charge on any atom is 0.0629 e. The van der Waals surface area contributed by atoms with Crippen molar-refractivity contribution in [1.29, 1.82) is 0 Å². The first-order chi connectivity index (χ1) is 4.00. The lowest BCUT2D eigenvalue weighted by molar-refractivity contribution is 1.00. The Balaban J connectivity index is 3.89. The number of terminal acetylenes is 1. The smallest absolute Gasteiger partial charge is 0.0629 e. The molecular formula is C8H16Si. The summed E-state index contributed by atoms with van der Waals surface area (Å²) in [7, 11) is -1.02. The maximum absolute atomic E-state index is 5.24. The lowest BCUT2D eigenvalue weighted by atomic mass is 10.6. The van der Waals surface area contributed by atoms with Crippen LogP contribution < -0.4 is 0 Å². The van der Waals surface area contributed by atoms with Crippen molar-refractivity contribution in [2.75, 3.05) is 0 Å². The van der Waals surface area contributed by atoms with Gasteiger partial charge >= 0.3 is 0 Å². The highest BCUT2D eigenvalue weighted by Gasteiger charge is 2.22. The highest BCUT2D eigenvalue weighted by atomic mass is 28.3. The van der Waals surface area contributed by atoms with Crippen LogP contribution in [0.1, 0.15) is 13.8 Å². The van der Waals surface area contributed by atoms with Crippen molar-refractivity contribution in [3.05, 3.63) is 0 Å². The van der Waals surface area contributed by atoms with E-state index in [9.17, 15) is 0 Å². The molecule has 0 aromatic heterocycles. The molecule has 0 N–H and O–H groups in total. The Bertz CT molecular complexity index is 117. The van der Waals surface area contributed by atoms with Gasteiger partial charge in [0.1, 0.15) is 0 Å². The van der Waals surface area contributed by atoms with E-state index in [2.05, 4.69) is 32.9 Å². The minimum absolute atomic E-state index is 0.813. The van der Waals surface area contributed by atoms with Gasteiger partial charge in [-0.25, -0.2) is 0 Å². The second-order valence-electron chi connectivity index (χ2n) is 3.52. The molecule has 0 fully saturated rings. The zero-order valence-electron chi connectivity index (χ0n) is 6.86. The molecule has 1 heteroatoms. The molecule has 0 radical (unpaired) electrons. The molecule has 0 unspecified atom stereocenters. The Morgan fingerprint density at radius 1 is 1.44 bits per heavy atom. The second-order valence-corrected chi connectivity index (χ2v) is 9.01. The molecule has 0 atom stereocenters. The van der Waals surface area contributed by atoms with Crippen LogP contribution in [0.4, 0.5) is 0 Å². The molecule has 0 nitrogen and oxygen atoms in total. The minimum Gasteiger partial charge on any atom is -0.120 e. The third kappa shape index (κ3) is 2.72. The van der Waals surface area contributed by atoms with Crippen molar-refractivity contribution in [2.45, 2.75) is 38.5 Å². The molecule has 0 heterocycles. The van der Waals surface area contributed by atoms with Crippen molar-refractivity contribution in [3.63, 3.8) is 0 Å². The van der Waals surface area contributed by atoms with Crippen LogP contribution in [0.5, 0.6) is 0 Å². The van der Waals surface area contributed by atoms with E-state index in [1.165, 1.54) is 0 Å². The van der Waals surface area contributed by atoms with Crippen LogP contribution in [0.25, 0.3) is 0 Å². The van der Waals surface area contributed by atoms with E-state index in [0.29, 0.717) is 0 Å². The van der Waals surface area contributed by atoms with Gasteiger partial charge in [0.15, 0.2) is 0 Å². The molecule has 0 saturated heterocycles. The summed E-state index contributed by atoms with van der Waals surface area (Å²) in [5.74, 6) is 2.75. The van der Waals surface area contributed by atoms with Gasteiger partial charge in [-0.3, -0.25) is 0 Å². The quantitative estimate of drug-likeness (QED) is 0.409. The third-order valence-corrected chi connectivity index (χ3v) is 6.36. The van der Waals surface area contributed by atoms with E-state index < -0.39 is 8.07 Å². The Morgan fingerprint density at radius 2 is 1.89 bits per heavy atom. The van der Waals surface area contributed by atoms with Crippen LogP contribution in [0, 0.1) is 12.3 Å². The standard InChI is InChI=1S/C8H16Si/c1-6-7-9(4,5)8(2)3/h1,8H,7H2,2-5H3. The summed E-state index contributed by atoms with van der Waals surface area (Å²) in [6.45, 7) is 9.22. The molecule has 0 saturated carbocycles. The molecule has 0 aromatic carbocycles. The summed E-state index contributed by atoms with van der Waals surface area (Å²) < 4.78 is 0. The van der Waals surface area contributed by atoms with E-state index in [-0.39, 0.29) is 0 Å². The lowest BCUT2D eigenvalue weighted by Crippen LogP contribution is -2.28. The van der Waals surface area contributed by atoms with Crippen LogP contribution in [-0.4, -0.2) is 8.07 Å². The fraction of sp³-hybridized carbons (Fsp3) is 0.750. The van der Waals surface area contributed by atoms with Gasteiger partial charge in [0.25, 0.3) is 0 Å². The first kappa shape index (κ1) is 8.78. The predicted molar refractivity (Wildman–Crippen MR) is 46.2 cm³/mol. The summed E-state index contributed by atoms with van der Waals surface area (Å²) in [4.78, 5) is 0. The molecular weight excluding hydrogens is 124 g/mol. The molecule has 0 spiro atoms. The van der Waals surface area contributed by atoms with E-state index in [1.807, 2.05) is 0 Å². The van der Waals surface area contributed by atoms with Crippen LogP contribution in [-0.2, 0) is 0 Å². The summed E-state index contributed by atoms with van der Waals surface area (Å²) in [5, 5.41) is 0. The topological polar surface area (TPSA) is 0 Å². The average Bonchev–Trinajstić information content (AvgIpc) is 1.65. The zero-order chi connectivity index (χ0) is 7.49. The van der Waals surface area contributed by atoms with Gasteiger partial charge < -0.3 is 0 Å². The minimum atomic E-state index is -1.02. The highest BCUT2D eigenvalue weighted by Crippen LogP contribution is 2.23.